The number of ether oxygens (including phenoxy) is 2. The van der Waals surface area contributed by atoms with Crippen LogP contribution in [0.25, 0.3) is 0 Å². The average Bonchev–Trinajstić information content (AvgIpc) is 2.97. The Labute approximate surface area is 144 Å². The minimum Gasteiger partial charge on any atom is -0.497 e. The molecule has 2 N–H and O–H groups in total. The number of anilines is 1. The molecule has 0 aliphatic carbocycles. The number of nitrogens with one attached hydrogen (secondary N) is 2. The van der Waals surface area contributed by atoms with Gasteiger partial charge in [0.15, 0.2) is 0 Å². The van der Waals surface area contributed by atoms with Gasteiger partial charge >= 0.3 is 0 Å². The summed E-state index contributed by atoms with van der Waals surface area (Å²) in [5.41, 5.74) is 4.14. The second kappa shape index (κ2) is 8.06. The fourth-order valence-corrected chi connectivity index (χ4v) is 3.03. The van der Waals surface area contributed by atoms with Crippen LogP contribution < -0.4 is 20.1 Å². The number of benzene rings is 2. The van der Waals surface area contributed by atoms with Crippen molar-refractivity contribution >= 4 is 5.69 Å². The van der Waals surface area contributed by atoms with E-state index < -0.39 is 0 Å². The fraction of sp³-hybridized carbons (Fsp3) is 0.400. The molecule has 128 valence electrons. The first-order valence-corrected chi connectivity index (χ1v) is 8.60. The van der Waals surface area contributed by atoms with Crippen LogP contribution in [0, 0.1) is 0 Å². The first-order chi connectivity index (χ1) is 11.7. The molecule has 2 aromatic carbocycles. The highest BCUT2D eigenvalue weighted by Crippen LogP contribution is 2.26. The van der Waals surface area contributed by atoms with Crippen LogP contribution in [0.3, 0.4) is 0 Å². The molecule has 0 bridgehead atoms. The minimum absolute atomic E-state index is 0.559. The highest BCUT2D eigenvalue weighted by Gasteiger charge is 2.16. The standard InChI is InChI=1S/C20H26N2O2/c1-15-13-17-14-16(3-8-20(17)22-15)9-10-21-11-12-24-19-6-4-18(23-2)5-7-19/h3-8,14-15,21-22H,9-13H2,1-2H3. The lowest BCUT2D eigenvalue weighted by Gasteiger charge is -2.09. The van der Waals surface area contributed by atoms with E-state index in [0.717, 1.165) is 37.4 Å². The summed E-state index contributed by atoms with van der Waals surface area (Å²) in [6, 6.07) is 15.0. The lowest BCUT2D eigenvalue weighted by molar-refractivity contribution is 0.313. The molecular formula is C20H26N2O2. The SMILES string of the molecule is COc1ccc(OCCNCCc2ccc3c(c2)CC(C)N3)cc1. The quantitative estimate of drug-likeness (QED) is 0.731. The molecule has 0 spiro atoms. The molecule has 0 fully saturated rings. The fourth-order valence-electron chi connectivity index (χ4n) is 3.03. The Balaban J connectivity index is 1.33. The highest BCUT2D eigenvalue weighted by atomic mass is 16.5. The van der Waals surface area contributed by atoms with E-state index in [1.165, 1.54) is 16.8 Å². The van der Waals surface area contributed by atoms with Gasteiger partial charge in [0.05, 0.1) is 7.11 Å². The predicted molar refractivity (Wildman–Crippen MR) is 98.3 cm³/mol. The predicted octanol–water partition coefficient (Wildman–Crippen LogP) is 3.26. The molecule has 0 saturated carbocycles. The number of fused-ring (bicyclic) bond motifs is 1. The minimum atomic E-state index is 0.559. The van der Waals surface area contributed by atoms with Crippen LogP contribution in [0.2, 0.25) is 0 Å². The van der Waals surface area contributed by atoms with Crippen molar-refractivity contribution in [1.82, 2.24) is 5.32 Å². The largest absolute Gasteiger partial charge is 0.497 e. The Morgan fingerprint density at radius 1 is 1.08 bits per heavy atom. The summed E-state index contributed by atoms with van der Waals surface area (Å²) in [6.07, 6.45) is 2.18. The van der Waals surface area contributed by atoms with E-state index in [9.17, 15) is 0 Å². The maximum atomic E-state index is 5.70. The molecule has 1 aliphatic heterocycles. The Morgan fingerprint density at radius 3 is 2.67 bits per heavy atom. The summed E-state index contributed by atoms with van der Waals surface area (Å²) < 4.78 is 10.8. The normalized spacial score (nSPS) is 15.7. The van der Waals surface area contributed by atoms with E-state index in [0.29, 0.717) is 12.6 Å². The van der Waals surface area contributed by atoms with Crippen molar-refractivity contribution in [2.45, 2.75) is 25.8 Å². The molecule has 24 heavy (non-hydrogen) atoms. The summed E-state index contributed by atoms with van der Waals surface area (Å²) in [4.78, 5) is 0. The van der Waals surface area contributed by atoms with E-state index >= 15 is 0 Å². The van der Waals surface area contributed by atoms with Gasteiger partial charge < -0.3 is 20.1 Å². The maximum absolute atomic E-state index is 5.70. The summed E-state index contributed by atoms with van der Waals surface area (Å²) in [5.74, 6) is 1.72. The van der Waals surface area contributed by atoms with Gasteiger partial charge in [-0.2, -0.15) is 0 Å². The van der Waals surface area contributed by atoms with Crippen molar-refractivity contribution in [3.63, 3.8) is 0 Å². The van der Waals surface area contributed by atoms with Crippen LogP contribution in [0.5, 0.6) is 11.5 Å². The molecule has 2 aromatic rings. The van der Waals surface area contributed by atoms with Gasteiger partial charge in [-0.15, -0.1) is 0 Å². The molecule has 1 unspecified atom stereocenters. The smallest absolute Gasteiger partial charge is 0.119 e. The lowest BCUT2D eigenvalue weighted by Crippen LogP contribution is -2.23. The molecule has 1 aliphatic rings. The molecule has 3 rings (SSSR count). The average molecular weight is 326 g/mol. The molecule has 4 heteroatoms. The molecule has 0 amide bonds. The van der Waals surface area contributed by atoms with Crippen molar-refractivity contribution < 1.29 is 9.47 Å². The molecule has 1 heterocycles. The number of hydrogen-bond acceptors (Lipinski definition) is 4. The van der Waals surface area contributed by atoms with Gasteiger partial charge in [-0.25, -0.2) is 0 Å². The maximum Gasteiger partial charge on any atom is 0.119 e. The monoisotopic (exact) mass is 326 g/mol. The Bertz CT molecular complexity index is 655. The van der Waals surface area contributed by atoms with Gasteiger partial charge in [0, 0.05) is 18.3 Å². The van der Waals surface area contributed by atoms with E-state index in [-0.39, 0.29) is 0 Å². The van der Waals surface area contributed by atoms with Gasteiger partial charge in [-0.3, -0.25) is 0 Å². The molecular weight excluding hydrogens is 300 g/mol. The van der Waals surface area contributed by atoms with Crippen LogP contribution >= 0.6 is 0 Å². The van der Waals surface area contributed by atoms with E-state index in [2.05, 4.69) is 35.8 Å². The van der Waals surface area contributed by atoms with Gasteiger partial charge in [0.2, 0.25) is 0 Å². The summed E-state index contributed by atoms with van der Waals surface area (Å²) >= 11 is 0. The van der Waals surface area contributed by atoms with Gasteiger partial charge in [0.1, 0.15) is 18.1 Å². The van der Waals surface area contributed by atoms with Gasteiger partial charge in [0.25, 0.3) is 0 Å². The number of hydrogen-bond donors (Lipinski definition) is 2. The molecule has 0 aromatic heterocycles. The molecule has 1 atom stereocenters. The van der Waals surface area contributed by atoms with Crippen molar-refractivity contribution in [2.75, 3.05) is 32.1 Å². The highest BCUT2D eigenvalue weighted by molar-refractivity contribution is 5.57. The topological polar surface area (TPSA) is 42.5 Å². The van der Waals surface area contributed by atoms with E-state index in [1.807, 2.05) is 24.3 Å². The lowest BCUT2D eigenvalue weighted by atomic mass is 10.0. The third kappa shape index (κ3) is 4.42. The third-order valence-electron chi connectivity index (χ3n) is 4.30. The molecule has 4 nitrogen and oxygen atoms in total. The van der Waals surface area contributed by atoms with Crippen LogP contribution in [0.1, 0.15) is 18.1 Å². The Morgan fingerprint density at radius 2 is 1.88 bits per heavy atom. The first kappa shape index (κ1) is 16.7. The van der Waals surface area contributed by atoms with Crippen LogP contribution in [-0.4, -0.2) is 32.8 Å². The zero-order valence-corrected chi connectivity index (χ0v) is 14.5. The Kier molecular flexibility index (Phi) is 5.59. The second-order valence-electron chi connectivity index (χ2n) is 6.26. The van der Waals surface area contributed by atoms with Gasteiger partial charge in [-0.05, 0) is 67.8 Å². The van der Waals surface area contributed by atoms with Crippen LogP contribution in [0.15, 0.2) is 42.5 Å². The summed E-state index contributed by atoms with van der Waals surface area (Å²) in [7, 11) is 1.66. The van der Waals surface area contributed by atoms with Crippen molar-refractivity contribution in [2.24, 2.45) is 0 Å². The van der Waals surface area contributed by atoms with E-state index in [1.54, 1.807) is 7.11 Å². The van der Waals surface area contributed by atoms with Crippen LogP contribution in [0.4, 0.5) is 5.69 Å². The van der Waals surface area contributed by atoms with Gasteiger partial charge in [-0.1, -0.05) is 12.1 Å². The summed E-state index contributed by atoms with van der Waals surface area (Å²) in [5, 5.41) is 6.93. The molecule has 0 radical (unpaired) electrons. The van der Waals surface area contributed by atoms with Crippen LogP contribution in [-0.2, 0) is 12.8 Å². The van der Waals surface area contributed by atoms with E-state index in [4.69, 9.17) is 9.47 Å². The number of methoxy groups -OCH3 is 1. The Hall–Kier alpha value is -2.20. The third-order valence-corrected chi connectivity index (χ3v) is 4.30. The first-order valence-electron chi connectivity index (χ1n) is 8.60. The zero-order valence-electron chi connectivity index (χ0n) is 14.5. The molecule has 0 saturated heterocycles. The summed E-state index contributed by atoms with van der Waals surface area (Å²) in [6.45, 7) is 4.70. The zero-order chi connectivity index (χ0) is 16.8. The van der Waals surface area contributed by atoms with Crippen molar-refractivity contribution in [1.29, 1.82) is 0 Å². The number of rotatable bonds is 8. The van der Waals surface area contributed by atoms with Crippen molar-refractivity contribution in [3.8, 4) is 11.5 Å². The second-order valence-corrected chi connectivity index (χ2v) is 6.26. The van der Waals surface area contributed by atoms with Crippen molar-refractivity contribution in [3.05, 3.63) is 53.6 Å².